The van der Waals surface area contributed by atoms with E-state index in [1.165, 1.54) is 0 Å². The molecule has 178 valence electrons. The van der Waals surface area contributed by atoms with Crippen LogP contribution < -0.4 is 22.1 Å². The highest BCUT2D eigenvalue weighted by atomic mass is 16.5. The molecule has 0 aliphatic rings. The molecule has 6 N–H and O–H groups in total. The molecule has 0 aliphatic heterocycles. The molecule has 0 saturated heterocycles. The van der Waals surface area contributed by atoms with Crippen LogP contribution in [0.2, 0.25) is 0 Å². The quantitative estimate of drug-likeness (QED) is 0.153. The zero-order chi connectivity index (χ0) is 23.9. The van der Waals surface area contributed by atoms with Gasteiger partial charge in [-0.2, -0.15) is 0 Å². The number of hydrogen-bond acceptors (Lipinski definition) is 6. The first kappa shape index (κ1) is 26.7. The van der Waals surface area contributed by atoms with Crippen LogP contribution in [0.4, 0.5) is 4.79 Å². The number of nitrogens with two attached hydrogens (primary N) is 2. The topological polar surface area (TPSA) is 158 Å². The van der Waals surface area contributed by atoms with Crippen LogP contribution in [0.5, 0.6) is 0 Å². The standard InChI is InChI=1S/C22H35N5O5/c1-4-31-20(29)17(11-8-12-25-21(23)24)26-19(28)18(13-15(2)3)27-22(30)32-14-16-9-6-5-7-10-16/h5-7,9-10,15,17-18H,4,8,11-14H2,1-3H3,(H,26,28)(H,27,30)(H4,23,24,25)/t17-,18-/m0/s1. The lowest BCUT2D eigenvalue weighted by atomic mass is 10.0. The Balaban J connectivity index is 2.74. The van der Waals surface area contributed by atoms with E-state index in [-0.39, 0.29) is 31.5 Å². The van der Waals surface area contributed by atoms with Crippen molar-refractivity contribution < 1.29 is 23.9 Å². The molecule has 0 aliphatic carbocycles. The molecule has 1 aromatic rings. The largest absolute Gasteiger partial charge is 0.464 e. The van der Waals surface area contributed by atoms with E-state index in [2.05, 4.69) is 15.6 Å². The molecule has 2 atom stereocenters. The molecule has 10 nitrogen and oxygen atoms in total. The maximum absolute atomic E-state index is 12.9. The molecular weight excluding hydrogens is 414 g/mol. The summed E-state index contributed by atoms with van der Waals surface area (Å²) in [4.78, 5) is 41.3. The molecule has 32 heavy (non-hydrogen) atoms. The summed E-state index contributed by atoms with van der Waals surface area (Å²) in [6, 6.07) is 7.46. The lowest BCUT2D eigenvalue weighted by Gasteiger charge is -2.23. The first-order chi connectivity index (χ1) is 15.2. The van der Waals surface area contributed by atoms with E-state index in [1.54, 1.807) is 6.92 Å². The average Bonchev–Trinajstić information content (AvgIpc) is 2.74. The number of carbonyl (C=O) groups is 3. The molecule has 0 heterocycles. The highest BCUT2D eigenvalue weighted by Gasteiger charge is 2.28. The fourth-order valence-electron chi connectivity index (χ4n) is 2.88. The van der Waals surface area contributed by atoms with Gasteiger partial charge in [0.2, 0.25) is 5.91 Å². The molecular formula is C22H35N5O5. The second kappa shape index (κ2) is 14.7. The fraction of sp³-hybridized carbons (Fsp3) is 0.545. The predicted molar refractivity (Wildman–Crippen MR) is 121 cm³/mol. The number of esters is 1. The Morgan fingerprint density at radius 1 is 1.03 bits per heavy atom. The van der Waals surface area contributed by atoms with Gasteiger partial charge in [0.1, 0.15) is 18.7 Å². The molecule has 10 heteroatoms. The van der Waals surface area contributed by atoms with Crippen LogP contribution in [-0.4, -0.2) is 49.2 Å². The summed E-state index contributed by atoms with van der Waals surface area (Å²) >= 11 is 0. The van der Waals surface area contributed by atoms with Crippen LogP contribution in [0.1, 0.15) is 45.6 Å². The van der Waals surface area contributed by atoms with Crippen molar-refractivity contribution in [2.45, 2.75) is 58.7 Å². The van der Waals surface area contributed by atoms with Crippen molar-refractivity contribution in [1.82, 2.24) is 10.6 Å². The Bertz CT molecular complexity index is 750. The molecule has 0 fully saturated rings. The van der Waals surface area contributed by atoms with Crippen molar-refractivity contribution in [1.29, 1.82) is 0 Å². The van der Waals surface area contributed by atoms with Gasteiger partial charge in [-0.25, -0.2) is 9.59 Å². The van der Waals surface area contributed by atoms with E-state index in [4.69, 9.17) is 20.9 Å². The van der Waals surface area contributed by atoms with Crippen molar-refractivity contribution >= 4 is 23.9 Å². The van der Waals surface area contributed by atoms with E-state index in [1.807, 2.05) is 44.2 Å². The smallest absolute Gasteiger partial charge is 0.408 e. The van der Waals surface area contributed by atoms with E-state index in [0.717, 1.165) is 5.56 Å². The molecule has 1 aromatic carbocycles. The third-order valence-corrected chi connectivity index (χ3v) is 4.36. The molecule has 0 saturated carbocycles. The summed E-state index contributed by atoms with van der Waals surface area (Å²) in [5.41, 5.74) is 11.4. The molecule has 2 amide bonds. The van der Waals surface area contributed by atoms with Crippen LogP contribution in [0.25, 0.3) is 0 Å². The second-order valence-electron chi connectivity index (χ2n) is 7.65. The summed E-state index contributed by atoms with van der Waals surface area (Å²) in [6.07, 6.45) is 0.405. The van der Waals surface area contributed by atoms with Crippen LogP contribution in [0, 0.1) is 5.92 Å². The number of guanidine groups is 1. The van der Waals surface area contributed by atoms with Gasteiger partial charge in [0.25, 0.3) is 0 Å². The normalized spacial score (nSPS) is 12.4. The van der Waals surface area contributed by atoms with E-state index in [9.17, 15) is 14.4 Å². The lowest BCUT2D eigenvalue weighted by Crippen LogP contribution is -2.52. The minimum Gasteiger partial charge on any atom is -0.464 e. The van der Waals surface area contributed by atoms with Crippen molar-refractivity contribution in [2.24, 2.45) is 22.4 Å². The SMILES string of the molecule is CCOC(=O)[C@H](CCCN=C(N)N)NC(=O)[C@H](CC(C)C)NC(=O)OCc1ccccc1. The van der Waals surface area contributed by atoms with Crippen molar-refractivity contribution in [2.75, 3.05) is 13.2 Å². The zero-order valence-electron chi connectivity index (χ0n) is 19.0. The van der Waals surface area contributed by atoms with Gasteiger partial charge in [-0.1, -0.05) is 44.2 Å². The maximum atomic E-state index is 12.9. The summed E-state index contributed by atoms with van der Waals surface area (Å²) in [6.45, 7) is 6.11. The number of carbonyl (C=O) groups excluding carboxylic acids is 3. The number of benzene rings is 1. The van der Waals surface area contributed by atoms with Gasteiger partial charge in [-0.3, -0.25) is 9.79 Å². The van der Waals surface area contributed by atoms with Gasteiger partial charge in [0.05, 0.1) is 6.61 Å². The van der Waals surface area contributed by atoms with Gasteiger partial charge >= 0.3 is 12.1 Å². The Hall–Kier alpha value is -3.30. The van der Waals surface area contributed by atoms with Gasteiger partial charge in [-0.05, 0) is 37.7 Å². The van der Waals surface area contributed by atoms with Gasteiger partial charge in [0.15, 0.2) is 5.96 Å². The van der Waals surface area contributed by atoms with Gasteiger partial charge in [-0.15, -0.1) is 0 Å². The summed E-state index contributed by atoms with van der Waals surface area (Å²) in [5.74, 6) is -0.976. The zero-order valence-corrected chi connectivity index (χ0v) is 19.0. The molecule has 0 aromatic heterocycles. The number of amides is 2. The maximum Gasteiger partial charge on any atom is 0.408 e. The minimum absolute atomic E-state index is 0.0445. The first-order valence-electron chi connectivity index (χ1n) is 10.7. The summed E-state index contributed by atoms with van der Waals surface area (Å²) in [5, 5.41) is 5.28. The third-order valence-electron chi connectivity index (χ3n) is 4.36. The average molecular weight is 450 g/mol. The van der Waals surface area contributed by atoms with Crippen LogP contribution in [-0.2, 0) is 25.7 Å². The number of rotatable bonds is 13. The first-order valence-corrected chi connectivity index (χ1v) is 10.7. The highest BCUT2D eigenvalue weighted by Crippen LogP contribution is 2.09. The van der Waals surface area contributed by atoms with Crippen LogP contribution in [0.3, 0.4) is 0 Å². The Labute approximate surface area is 189 Å². The molecule has 0 radical (unpaired) electrons. The van der Waals surface area contributed by atoms with Crippen LogP contribution in [0.15, 0.2) is 35.3 Å². The van der Waals surface area contributed by atoms with Crippen molar-refractivity contribution in [3.8, 4) is 0 Å². The van der Waals surface area contributed by atoms with Gasteiger partial charge < -0.3 is 31.6 Å². The second-order valence-corrected chi connectivity index (χ2v) is 7.65. The number of hydrogen-bond donors (Lipinski definition) is 4. The third kappa shape index (κ3) is 11.2. The van der Waals surface area contributed by atoms with E-state index < -0.39 is 30.1 Å². The molecule has 0 unspecified atom stereocenters. The summed E-state index contributed by atoms with van der Waals surface area (Å²) in [7, 11) is 0. The molecule has 0 spiro atoms. The highest BCUT2D eigenvalue weighted by molar-refractivity contribution is 5.89. The summed E-state index contributed by atoms with van der Waals surface area (Å²) < 4.78 is 10.3. The predicted octanol–water partition coefficient (Wildman–Crippen LogP) is 1.43. The van der Waals surface area contributed by atoms with Gasteiger partial charge in [0, 0.05) is 6.54 Å². The number of alkyl carbamates (subject to hydrolysis) is 1. The molecule has 0 bridgehead atoms. The lowest BCUT2D eigenvalue weighted by molar-refractivity contribution is -0.147. The monoisotopic (exact) mass is 449 g/mol. The van der Waals surface area contributed by atoms with E-state index in [0.29, 0.717) is 19.4 Å². The number of nitrogens with zero attached hydrogens (tertiary/aromatic N) is 1. The Morgan fingerprint density at radius 2 is 1.72 bits per heavy atom. The number of nitrogens with one attached hydrogen (secondary N) is 2. The van der Waals surface area contributed by atoms with Crippen LogP contribution >= 0.6 is 0 Å². The minimum atomic E-state index is -0.881. The Kier molecular flexibility index (Phi) is 12.2. The molecule has 1 rings (SSSR count). The van der Waals surface area contributed by atoms with E-state index >= 15 is 0 Å². The number of aliphatic imine (C=N–C) groups is 1. The fourth-order valence-corrected chi connectivity index (χ4v) is 2.88. The van der Waals surface area contributed by atoms with Crippen molar-refractivity contribution in [3.05, 3.63) is 35.9 Å². The number of ether oxygens (including phenoxy) is 2. The van der Waals surface area contributed by atoms with Crippen molar-refractivity contribution in [3.63, 3.8) is 0 Å². The Morgan fingerprint density at radius 3 is 2.31 bits per heavy atom.